The first-order valence-electron chi connectivity index (χ1n) is 6.12. The maximum absolute atomic E-state index is 13.3. The predicted octanol–water partition coefficient (Wildman–Crippen LogP) is 1.86. The lowest BCUT2D eigenvalue weighted by Crippen LogP contribution is -2.48. The molecule has 1 aliphatic heterocycles. The quantitative estimate of drug-likeness (QED) is 0.844. The Kier molecular flexibility index (Phi) is 4.24. The minimum Gasteiger partial charge on any atom is -0.396 e. The third-order valence-corrected chi connectivity index (χ3v) is 5.35. The van der Waals surface area contributed by atoms with Gasteiger partial charge in [0, 0.05) is 13.1 Å². The Morgan fingerprint density at radius 1 is 1.35 bits per heavy atom. The van der Waals surface area contributed by atoms with Crippen LogP contribution in [0.3, 0.4) is 0 Å². The van der Waals surface area contributed by atoms with Crippen molar-refractivity contribution in [3.8, 4) is 0 Å². The van der Waals surface area contributed by atoms with Crippen molar-refractivity contribution in [2.45, 2.75) is 31.0 Å². The van der Waals surface area contributed by atoms with Crippen LogP contribution in [0.5, 0.6) is 0 Å². The first kappa shape index (κ1) is 15.5. The van der Waals surface area contributed by atoms with Gasteiger partial charge in [-0.1, -0.05) is 11.6 Å². The minimum absolute atomic E-state index is 0.177. The molecule has 0 aliphatic carbocycles. The second-order valence-corrected chi connectivity index (χ2v) is 7.20. The highest BCUT2D eigenvalue weighted by Crippen LogP contribution is 2.30. The van der Waals surface area contributed by atoms with Crippen LogP contribution in [0.25, 0.3) is 0 Å². The summed E-state index contributed by atoms with van der Waals surface area (Å²) in [7, 11) is -3.82. The molecule has 2 unspecified atom stereocenters. The number of nitrogens with two attached hydrogens (primary N) is 1. The molecule has 112 valence electrons. The number of ether oxygens (including phenoxy) is 1. The Morgan fingerprint density at radius 2 is 1.90 bits per heavy atom. The zero-order chi connectivity index (χ0) is 15.1. The molecule has 1 aromatic carbocycles. The molecule has 2 rings (SSSR count). The molecule has 5 nitrogen and oxygen atoms in total. The van der Waals surface area contributed by atoms with Crippen molar-refractivity contribution in [1.82, 2.24) is 4.31 Å². The molecule has 0 aromatic heterocycles. The number of rotatable bonds is 2. The SMILES string of the molecule is CC1CN(S(=O)(=O)c2cc(N)c(F)cc2Cl)CC(C)O1. The van der Waals surface area contributed by atoms with Crippen LogP contribution in [0.2, 0.25) is 5.02 Å². The number of hydrogen-bond donors (Lipinski definition) is 1. The molecule has 2 N–H and O–H groups in total. The summed E-state index contributed by atoms with van der Waals surface area (Å²) in [5, 5.41) is -0.177. The molecule has 1 aliphatic rings. The van der Waals surface area contributed by atoms with Gasteiger partial charge in [-0.05, 0) is 26.0 Å². The summed E-state index contributed by atoms with van der Waals surface area (Å²) in [5.74, 6) is -0.738. The maximum Gasteiger partial charge on any atom is 0.244 e. The Balaban J connectivity index is 2.42. The van der Waals surface area contributed by atoms with Gasteiger partial charge >= 0.3 is 0 Å². The van der Waals surface area contributed by atoms with Crippen molar-refractivity contribution >= 4 is 27.3 Å². The third-order valence-electron chi connectivity index (χ3n) is 3.06. The Hall–Kier alpha value is -0.890. The van der Waals surface area contributed by atoms with Crippen LogP contribution in [0.1, 0.15) is 13.8 Å². The Morgan fingerprint density at radius 3 is 2.45 bits per heavy atom. The fourth-order valence-corrected chi connectivity index (χ4v) is 4.32. The molecule has 2 atom stereocenters. The molecule has 0 bridgehead atoms. The topological polar surface area (TPSA) is 72.6 Å². The fourth-order valence-electron chi connectivity index (χ4n) is 2.21. The van der Waals surface area contributed by atoms with Crippen LogP contribution in [-0.2, 0) is 14.8 Å². The van der Waals surface area contributed by atoms with Gasteiger partial charge in [0.2, 0.25) is 10.0 Å². The van der Waals surface area contributed by atoms with Crippen molar-refractivity contribution in [2.75, 3.05) is 18.8 Å². The van der Waals surface area contributed by atoms with Crippen molar-refractivity contribution in [3.63, 3.8) is 0 Å². The van der Waals surface area contributed by atoms with Crippen LogP contribution in [0.4, 0.5) is 10.1 Å². The van der Waals surface area contributed by atoms with Crippen molar-refractivity contribution in [1.29, 1.82) is 0 Å². The first-order chi connectivity index (χ1) is 9.21. The van der Waals surface area contributed by atoms with E-state index in [1.807, 2.05) is 0 Å². The predicted molar refractivity (Wildman–Crippen MR) is 74.6 cm³/mol. The molecule has 1 fully saturated rings. The standard InChI is InChI=1S/C12H16ClFN2O3S/c1-7-5-16(6-8(2)19-7)20(17,18)12-4-11(15)10(14)3-9(12)13/h3-4,7-8H,5-6,15H2,1-2H3. The van der Waals surface area contributed by atoms with E-state index in [9.17, 15) is 12.8 Å². The van der Waals surface area contributed by atoms with Crippen LogP contribution in [-0.4, -0.2) is 38.0 Å². The molecular weight excluding hydrogens is 307 g/mol. The molecule has 0 radical (unpaired) electrons. The van der Waals surface area contributed by atoms with Crippen LogP contribution in [0, 0.1) is 5.82 Å². The number of benzene rings is 1. The highest BCUT2D eigenvalue weighted by Gasteiger charge is 2.33. The lowest BCUT2D eigenvalue weighted by atomic mass is 10.3. The number of nitrogens with zero attached hydrogens (tertiary/aromatic N) is 1. The Labute approximate surface area is 122 Å². The summed E-state index contributed by atoms with van der Waals surface area (Å²) in [6.07, 6.45) is -0.435. The number of morpholine rings is 1. The Bertz CT molecular complexity index is 613. The highest BCUT2D eigenvalue weighted by molar-refractivity contribution is 7.89. The van der Waals surface area contributed by atoms with Gasteiger partial charge in [0.1, 0.15) is 10.7 Å². The lowest BCUT2D eigenvalue weighted by Gasteiger charge is -2.34. The summed E-state index contributed by atoms with van der Waals surface area (Å²) in [5.41, 5.74) is 5.18. The summed E-state index contributed by atoms with van der Waals surface area (Å²) in [6.45, 7) is 4.03. The summed E-state index contributed by atoms with van der Waals surface area (Å²) < 4.78 is 45.2. The molecule has 0 amide bonds. The molecule has 8 heteroatoms. The van der Waals surface area contributed by atoms with E-state index in [0.29, 0.717) is 0 Å². The normalized spacial score (nSPS) is 24.8. The molecule has 1 aromatic rings. The van der Waals surface area contributed by atoms with Gasteiger partial charge in [0.25, 0.3) is 0 Å². The maximum atomic E-state index is 13.3. The van der Waals surface area contributed by atoms with E-state index < -0.39 is 15.8 Å². The molecule has 1 saturated heterocycles. The average molecular weight is 323 g/mol. The molecule has 0 spiro atoms. The van der Waals surface area contributed by atoms with Gasteiger partial charge in [0.15, 0.2) is 0 Å². The smallest absolute Gasteiger partial charge is 0.244 e. The highest BCUT2D eigenvalue weighted by atomic mass is 35.5. The first-order valence-corrected chi connectivity index (χ1v) is 7.93. The van der Waals surface area contributed by atoms with E-state index in [0.717, 1.165) is 12.1 Å². The van der Waals surface area contributed by atoms with E-state index in [-0.39, 0.29) is 40.9 Å². The lowest BCUT2D eigenvalue weighted by molar-refractivity contribution is -0.0440. The second-order valence-electron chi connectivity index (χ2n) is 4.88. The van der Waals surface area contributed by atoms with Crippen LogP contribution >= 0.6 is 11.6 Å². The second kappa shape index (κ2) is 5.48. The van der Waals surface area contributed by atoms with Gasteiger partial charge in [0.05, 0.1) is 22.9 Å². The van der Waals surface area contributed by atoms with Gasteiger partial charge in [-0.25, -0.2) is 12.8 Å². The molecular formula is C12H16ClFN2O3S. The van der Waals surface area contributed by atoms with Crippen molar-refractivity contribution in [2.24, 2.45) is 0 Å². The third kappa shape index (κ3) is 2.90. The van der Waals surface area contributed by atoms with Gasteiger partial charge in [-0.3, -0.25) is 0 Å². The van der Waals surface area contributed by atoms with E-state index >= 15 is 0 Å². The van der Waals surface area contributed by atoms with Crippen LogP contribution < -0.4 is 5.73 Å². The largest absolute Gasteiger partial charge is 0.396 e. The van der Waals surface area contributed by atoms with Gasteiger partial charge in [-0.2, -0.15) is 4.31 Å². The number of nitrogen functional groups attached to an aromatic ring is 1. The average Bonchev–Trinajstić information content (AvgIpc) is 2.32. The summed E-state index contributed by atoms with van der Waals surface area (Å²) >= 11 is 5.85. The number of anilines is 1. The van der Waals surface area contributed by atoms with Crippen molar-refractivity contribution in [3.05, 3.63) is 23.0 Å². The fraction of sp³-hybridized carbons (Fsp3) is 0.500. The zero-order valence-electron chi connectivity index (χ0n) is 11.1. The van der Waals surface area contributed by atoms with E-state index in [2.05, 4.69) is 0 Å². The van der Waals surface area contributed by atoms with E-state index in [4.69, 9.17) is 22.1 Å². The van der Waals surface area contributed by atoms with Crippen molar-refractivity contribution < 1.29 is 17.5 Å². The molecule has 0 saturated carbocycles. The van der Waals surface area contributed by atoms with Gasteiger partial charge < -0.3 is 10.5 Å². The van der Waals surface area contributed by atoms with Crippen LogP contribution in [0.15, 0.2) is 17.0 Å². The zero-order valence-corrected chi connectivity index (χ0v) is 12.7. The summed E-state index contributed by atoms with van der Waals surface area (Å²) in [6, 6.07) is 1.97. The minimum atomic E-state index is -3.82. The summed E-state index contributed by atoms with van der Waals surface area (Å²) in [4.78, 5) is -0.181. The number of hydrogen-bond acceptors (Lipinski definition) is 4. The van der Waals surface area contributed by atoms with Gasteiger partial charge in [-0.15, -0.1) is 0 Å². The number of halogens is 2. The monoisotopic (exact) mass is 322 g/mol. The van der Waals surface area contributed by atoms with E-state index in [1.54, 1.807) is 13.8 Å². The molecule has 1 heterocycles. The van der Waals surface area contributed by atoms with E-state index in [1.165, 1.54) is 4.31 Å². The number of sulfonamides is 1. The molecule has 20 heavy (non-hydrogen) atoms.